The highest BCUT2D eigenvalue weighted by Crippen LogP contribution is 2.17. The molecule has 2 aromatic rings. The molecule has 0 atom stereocenters. The molecule has 1 aromatic heterocycles. The summed E-state index contributed by atoms with van der Waals surface area (Å²) in [6, 6.07) is 12.5. The zero-order valence-corrected chi connectivity index (χ0v) is 13.4. The molecule has 118 valence electrons. The van der Waals surface area contributed by atoms with E-state index in [-0.39, 0.29) is 11.8 Å². The molecular weight excluding hydrogens is 310 g/mol. The lowest BCUT2D eigenvalue weighted by atomic mass is 10.1. The fourth-order valence-corrected chi connectivity index (χ4v) is 2.84. The first-order valence-electron chi connectivity index (χ1n) is 7.44. The van der Waals surface area contributed by atoms with Crippen molar-refractivity contribution in [2.24, 2.45) is 0 Å². The summed E-state index contributed by atoms with van der Waals surface area (Å²) < 4.78 is 0. The predicted octanol–water partition coefficient (Wildman–Crippen LogP) is 1.97. The van der Waals surface area contributed by atoms with Crippen LogP contribution in [0.15, 0.2) is 53.6 Å². The van der Waals surface area contributed by atoms with Crippen LogP contribution in [0.5, 0.6) is 0 Å². The number of piperazine rings is 1. The van der Waals surface area contributed by atoms with Crippen LogP contribution in [0.2, 0.25) is 0 Å². The van der Waals surface area contributed by atoms with E-state index in [9.17, 15) is 9.59 Å². The standard InChI is InChI=1S/C17H17N3O2S/c21-16(13-5-1-2-7-15(13)23)19-9-11-20(12-10-19)17(22)14-6-3-4-8-18-14/h1-8,23H,9-12H2. The molecule has 1 aliphatic rings. The number of carbonyl (C=O) groups excluding carboxylic acids is 2. The van der Waals surface area contributed by atoms with E-state index in [0.29, 0.717) is 42.3 Å². The molecule has 3 rings (SSSR count). The van der Waals surface area contributed by atoms with Crippen LogP contribution in [0.3, 0.4) is 0 Å². The molecular formula is C17H17N3O2S. The highest BCUT2D eigenvalue weighted by molar-refractivity contribution is 7.80. The Bertz CT molecular complexity index is 713. The van der Waals surface area contributed by atoms with E-state index < -0.39 is 0 Å². The maximum atomic E-state index is 12.5. The Labute approximate surface area is 140 Å². The van der Waals surface area contributed by atoms with Gasteiger partial charge in [-0.1, -0.05) is 18.2 Å². The Morgan fingerprint density at radius 2 is 1.48 bits per heavy atom. The maximum Gasteiger partial charge on any atom is 0.272 e. The summed E-state index contributed by atoms with van der Waals surface area (Å²) in [6.07, 6.45) is 1.61. The average Bonchev–Trinajstić information content (AvgIpc) is 2.62. The van der Waals surface area contributed by atoms with Gasteiger partial charge in [-0.15, -0.1) is 12.6 Å². The van der Waals surface area contributed by atoms with Gasteiger partial charge in [0.15, 0.2) is 0 Å². The minimum Gasteiger partial charge on any atom is -0.335 e. The van der Waals surface area contributed by atoms with Crippen molar-refractivity contribution >= 4 is 24.4 Å². The molecule has 0 bridgehead atoms. The van der Waals surface area contributed by atoms with Gasteiger partial charge in [-0.2, -0.15) is 0 Å². The molecule has 2 heterocycles. The van der Waals surface area contributed by atoms with Crippen LogP contribution in [0.25, 0.3) is 0 Å². The number of hydrogen-bond donors (Lipinski definition) is 1. The van der Waals surface area contributed by atoms with Crippen LogP contribution >= 0.6 is 12.6 Å². The van der Waals surface area contributed by atoms with Crippen molar-refractivity contribution in [1.29, 1.82) is 0 Å². The van der Waals surface area contributed by atoms with Gasteiger partial charge in [0.05, 0.1) is 5.56 Å². The Hall–Kier alpha value is -2.34. The molecule has 0 N–H and O–H groups in total. The lowest BCUT2D eigenvalue weighted by Gasteiger charge is -2.34. The summed E-state index contributed by atoms with van der Waals surface area (Å²) in [5, 5.41) is 0. The second-order valence-corrected chi connectivity index (χ2v) is 5.80. The van der Waals surface area contributed by atoms with Crippen LogP contribution in [-0.4, -0.2) is 52.8 Å². The zero-order valence-electron chi connectivity index (χ0n) is 12.6. The first-order chi connectivity index (χ1) is 11.2. The second kappa shape index (κ2) is 6.83. The van der Waals surface area contributed by atoms with Gasteiger partial charge in [0.25, 0.3) is 11.8 Å². The summed E-state index contributed by atoms with van der Waals surface area (Å²) in [5.41, 5.74) is 1.04. The van der Waals surface area contributed by atoms with Gasteiger partial charge in [-0.3, -0.25) is 14.6 Å². The summed E-state index contributed by atoms with van der Waals surface area (Å²) >= 11 is 4.33. The van der Waals surface area contributed by atoms with Gasteiger partial charge < -0.3 is 9.80 Å². The fourth-order valence-electron chi connectivity index (χ4n) is 2.59. The number of pyridine rings is 1. The van der Waals surface area contributed by atoms with E-state index in [1.54, 1.807) is 46.3 Å². The quantitative estimate of drug-likeness (QED) is 0.858. The monoisotopic (exact) mass is 327 g/mol. The van der Waals surface area contributed by atoms with Crippen molar-refractivity contribution in [3.8, 4) is 0 Å². The molecule has 1 aromatic carbocycles. The Morgan fingerprint density at radius 1 is 0.870 bits per heavy atom. The molecule has 6 heteroatoms. The van der Waals surface area contributed by atoms with E-state index in [1.165, 1.54) is 0 Å². The van der Waals surface area contributed by atoms with Crippen LogP contribution in [0, 0.1) is 0 Å². The third kappa shape index (κ3) is 3.37. The van der Waals surface area contributed by atoms with Crippen molar-refractivity contribution in [2.75, 3.05) is 26.2 Å². The lowest BCUT2D eigenvalue weighted by molar-refractivity contribution is 0.0530. The number of carbonyl (C=O) groups is 2. The molecule has 0 aliphatic carbocycles. The highest BCUT2D eigenvalue weighted by atomic mass is 32.1. The van der Waals surface area contributed by atoms with Crippen LogP contribution in [-0.2, 0) is 0 Å². The van der Waals surface area contributed by atoms with Gasteiger partial charge >= 0.3 is 0 Å². The zero-order chi connectivity index (χ0) is 16.2. The smallest absolute Gasteiger partial charge is 0.272 e. The topological polar surface area (TPSA) is 53.5 Å². The summed E-state index contributed by atoms with van der Waals surface area (Å²) in [4.78, 5) is 33.1. The van der Waals surface area contributed by atoms with Gasteiger partial charge in [0.1, 0.15) is 5.69 Å². The summed E-state index contributed by atoms with van der Waals surface area (Å²) in [5.74, 6) is -0.132. The average molecular weight is 327 g/mol. The number of aromatic nitrogens is 1. The number of amides is 2. The number of rotatable bonds is 2. The Kier molecular flexibility index (Phi) is 4.62. The number of thiol groups is 1. The maximum absolute atomic E-state index is 12.5. The molecule has 2 amide bonds. The first kappa shape index (κ1) is 15.6. The van der Waals surface area contributed by atoms with E-state index in [2.05, 4.69) is 17.6 Å². The van der Waals surface area contributed by atoms with Crippen molar-refractivity contribution in [3.05, 3.63) is 59.9 Å². The molecule has 1 saturated heterocycles. The highest BCUT2D eigenvalue weighted by Gasteiger charge is 2.26. The van der Waals surface area contributed by atoms with Crippen LogP contribution < -0.4 is 0 Å². The SMILES string of the molecule is O=C(c1ccccn1)N1CCN(C(=O)c2ccccc2S)CC1. The Balaban J connectivity index is 1.64. The summed E-state index contributed by atoms with van der Waals surface area (Å²) in [6.45, 7) is 2.05. The molecule has 1 fully saturated rings. The fraction of sp³-hybridized carbons (Fsp3) is 0.235. The van der Waals surface area contributed by atoms with E-state index >= 15 is 0 Å². The number of hydrogen-bond acceptors (Lipinski definition) is 4. The second-order valence-electron chi connectivity index (χ2n) is 5.32. The van der Waals surface area contributed by atoms with Crippen molar-refractivity contribution in [1.82, 2.24) is 14.8 Å². The molecule has 23 heavy (non-hydrogen) atoms. The van der Waals surface area contributed by atoms with Crippen molar-refractivity contribution in [2.45, 2.75) is 4.90 Å². The van der Waals surface area contributed by atoms with Gasteiger partial charge in [0, 0.05) is 37.3 Å². The molecule has 0 spiro atoms. The number of nitrogens with zero attached hydrogens (tertiary/aromatic N) is 3. The minimum atomic E-state index is -0.0905. The molecule has 1 aliphatic heterocycles. The van der Waals surface area contributed by atoms with E-state index in [1.807, 2.05) is 12.1 Å². The van der Waals surface area contributed by atoms with Gasteiger partial charge in [-0.25, -0.2) is 0 Å². The van der Waals surface area contributed by atoms with Crippen molar-refractivity contribution in [3.63, 3.8) is 0 Å². The number of benzene rings is 1. The minimum absolute atomic E-state index is 0.0412. The molecule has 5 nitrogen and oxygen atoms in total. The van der Waals surface area contributed by atoms with Crippen molar-refractivity contribution < 1.29 is 9.59 Å². The van der Waals surface area contributed by atoms with E-state index in [0.717, 1.165) is 0 Å². The predicted molar refractivity (Wildman–Crippen MR) is 89.7 cm³/mol. The molecule has 0 unspecified atom stereocenters. The largest absolute Gasteiger partial charge is 0.335 e. The third-order valence-electron chi connectivity index (χ3n) is 3.87. The van der Waals surface area contributed by atoms with Gasteiger partial charge in [-0.05, 0) is 24.3 Å². The van der Waals surface area contributed by atoms with Gasteiger partial charge in [0.2, 0.25) is 0 Å². The molecule has 0 radical (unpaired) electrons. The lowest BCUT2D eigenvalue weighted by Crippen LogP contribution is -2.50. The first-order valence-corrected chi connectivity index (χ1v) is 7.89. The summed E-state index contributed by atoms with van der Waals surface area (Å²) in [7, 11) is 0. The Morgan fingerprint density at radius 3 is 2.09 bits per heavy atom. The van der Waals surface area contributed by atoms with E-state index in [4.69, 9.17) is 0 Å². The normalized spacial score (nSPS) is 14.7. The molecule has 0 saturated carbocycles. The third-order valence-corrected chi connectivity index (χ3v) is 4.26. The van der Waals surface area contributed by atoms with Crippen LogP contribution in [0.4, 0.5) is 0 Å². The van der Waals surface area contributed by atoms with Crippen LogP contribution in [0.1, 0.15) is 20.8 Å².